The van der Waals surface area contributed by atoms with E-state index < -0.39 is 11.7 Å². The van der Waals surface area contributed by atoms with Crippen LogP contribution in [-0.4, -0.2) is 34.0 Å². The van der Waals surface area contributed by atoms with E-state index in [4.69, 9.17) is 4.74 Å². The van der Waals surface area contributed by atoms with Gasteiger partial charge in [0.2, 0.25) is 0 Å². The molecule has 1 heterocycles. The van der Waals surface area contributed by atoms with Gasteiger partial charge in [0.05, 0.1) is 29.9 Å². The average Bonchev–Trinajstić information content (AvgIpc) is 2.38. The molecule has 2 rings (SSSR count). The summed E-state index contributed by atoms with van der Waals surface area (Å²) in [6.07, 6.45) is -1.04. The summed E-state index contributed by atoms with van der Waals surface area (Å²) in [5.41, 5.74) is -0.594. The van der Waals surface area contributed by atoms with E-state index in [9.17, 15) is 15.0 Å². The third-order valence-corrected chi connectivity index (χ3v) is 3.39. The van der Waals surface area contributed by atoms with Gasteiger partial charge in [0.15, 0.2) is 0 Å². The van der Waals surface area contributed by atoms with Gasteiger partial charge in [-0.15, -0.1) is 0 Å². The van der Waals surface area contributed by atoms with E-state index in [0.717, 1.165) is 5.39 Å². The first-order valence-electron chi connectivity index (χ1n) is 6.43. The lowest BCUT2D eigenvalue weighted by Crippen LogP contribution is -2.38. The Morgan fingerprint density at radius 2 is 2.00 bits per heavy atom. The lowest BCUT2D eigenvalue weighted by Gasteiger charge is -2.25. The van der Waals surface area contributed by atoms with Crippen LogP contribution in [0.4, 0.5) is 0 Å². The van der Waals surface area contributed by atoms with Crippen molar-refractivity contribution in [3.63, 3.8) is 0 Å². The largest absolute Gasteiger partial charge is 0.496 e. The van der Waals surface area contributed by atoms with E-state index in [2.05, 4.69) is 4.98 Å². The third kappa shape index (κ3) is 2.69. The number of benzene rings is 1. The number of hydrogen-bond donors (Lipinski definition) is 3. The summed E-state index contributed by atoms with van der Waals surface area (Å²) in [6.45, 7) is 3.00. The molecular formula is C15H19NO4. The van der Waals surface area contributed by atoms with Crippen molar-refractivity contribution in [3.8, 4) is 5.75 Å². The van der Waals surface area contributed by atoms with Crippen LogP contribution in [0, 0.1) is 0 Å². The Morgan fingerprint density at radius 1 is 1.35 bits per heavy atom. The third-order valence-electron chi connectivity index (χ3n) is 3.39. The second-order valence-electron chi connectivity index (χ2n) is 5.39. The normalized spacial score (nSPS) is 13.4. The molecule has 20 heavy (non-hydrogen) atoms. The van der Waals surface area contributed by atoms with Crippen LogP contribution in [-0.2, 0) is 6.42 Å². The van der Waals surface area contributed by atoms with E-state index in [1.165, 1.54) is 21.0 Å². The topological polar surface area (TPSA) is 82.5 Å². The average molecular weight is 277 g/mol. The second-order valence-corrected chi connectivity index (χ2v) is 5.39. The number of pyridine rings is 1. The molecule has 0 radical (unpaired) electrons. The van der Waals surface area contributed by atoms with Gasteiger partial charge in [0.1, 0.15) is 5.75 Å². The molecule has 1 aromatic heterocycles. The Balaban J connectivity index is 2.58. The Labute approximate surface area is 116 Å². The van der Waals surface area contributed by atoms with Crippen molar-refractivity contribution >= 4 is 10.9 Å². The number of nitrogens with one attached hydrogen (secondary N) is 1. The van der Waals surface area contributed by atoms with Crippen LogP contribution in [0.2, 0.25) is 0 Å². The fourth-order valence-corrected chi connectivity index (χ4v) is 2.12. The molecule has 0 aliphatic heterocycles. The van der Waals surface area contributed by atoms with Crippen molar-refractivity contribution in [2.45, 2.75) is 32.0 Å². The maximum Gasteiger partial charge on any atom is 0.255 e. The molecule has 0 aliphatic rings. The summed E-state index contributed by atoms with van der Waals surface area (Å²) in [6, 6.07) is 7.29. The SMILES string of the molecule is COc1c(C[C@H](O)C(C)(C)O)c(=O)[nH]c2ccccc12. The molecule has 2 aromatic rings. The smallest absolute Gasteiger partial charge is 0.255 e. The highest BCUT2D eigenvalue weighted by molar-refractivity contribution is 5.86. The monoisotopic (exact) mass is 277 g/mol. The number of H-pyrrole nitrogens is 1. The number of aromatic nitrogens is 1. The fourth-order valence-electron chi connectivity index (χ4n) is 2.12. The van der Waals surface area contributed by atoms with Crippen molar-refractivity contribution in [1.82, 2.24) is 4.98 Å². The van der Waals surface area contributed by atoms with E-state index in [1.54, 1.807) is 6.07 Å². The zero-order valence-corrected chi connectivity index (χ0v) is 11.8. The lowest BCUT2D eigenvalue weighted by molar-refractivity contribution is -0.0472. The Hall–Kier alpha value is -1.85. The number of aliphatic hydroxyl groups is 2. The first kappa shape index (κ1) is 14.6. The van der Waals surface area contributed by atoms with Crippen molar-refractivity contribution in [2.24, 2.45) is 0 Å². The number of rotatable bonds is 4. The molecule has 0 saturated carbocycles. The van der Waals surface area contributed by atoms with Crippen LogP contribution in [0.25, 0.3) is 10.9 Å². The highest BCUT2D eigenvalue weighted by Gasteiger charge is 2.27. The Bertz CT molecular complexity index is 670. The molecule has 1 aromatic carbocycles. The standard InChI is InChI=1S/C15H19NO4/c1-15(2,19)12(17)8-10-13(20-3)9-6-4-5-7-11(9)16-14(10)18/h4-7,12,17,19H,8H2,1-3H3,(H,16,18)/t12-/m0/s1. The molecule has 0 unspecified atom stereocenters. The minimum atomic E-state index is -1.29. The van der Waals surface area contributed by atoms with Crippen molar-refractivity contribution in [1.29, 1.82) is 0 Å². The number of methoxy groups -OCH3 is 1. The van der Waals surface area contributed by atoms with E-state index >= 15 is 0 Å². The van der Waals surface area contributed by atoms with Gasteiger partial charge < -0.3 is 19.9 Å². The molecule has 0 bridgehead atoms. The molecule has 3 N–H and O–H groups in total. The molecule has 0 spiro atoms. The van der Waals surface area contributed by atoms with Crippen LogP contribution < -0.4 is 10.3 Å². The molecule has 108 valence electrons. The van der Waals surface area contributed by atoms with Gasteiger partial charge >= 0.3 is 0 Å². The number of hydrogen-bond acceptors (Lipinski definition) is 4. The summed E-state index contributed by atoms with van der Waals surface area (Å²) < 4.78 is 5.34. The fraction of sp³-hybridized carbons (Fsp3) is 0.400. The van der Waals surface area contributed by atoms with Crippen molar-refractivity contribution < 1.29 is 14.9 Å². The molecule has 5 nitrogen and oxygen atoms in total. The number of para-hydroxylation sites is 1. The maximum atomic E-state index is 12.1. The van der Waals surface area contributed by atoms with E-state index in [-0.39, 0.29) is 12.0 Å². The second kappa shape index (κ2) is 5.26. The summed E-state index contributed by atoms with van der Waals surface area (Å²) in [5, 5.41) is 20.6. The Morgan fingerprint density at radius 3 is 2.60 bits per heavy atom. The van der Waals surface area contributed by atoms with Crippen LogP contribution in [0.15, 0.2) is 29.1 Å². The van der Waals surface area contributed by atoms with Gasteiger partial charge in [-0.05, 0) is 26.0 Å². The van der Waals surface area contributed by atoms with Crippen molar-refractivity contribution in [3.05, 3.63) is 40.2 Å². The van der Waals surface area contributed by atoms with E-state index in [0.29, 0.717) is 16.8 Å². The minimum Gasteiger partial charge on any atom is -0.496 e. The highest BCUT2D eigenvalue weighted by atomic mass is 16.5. The summed E-state index contributed by atoms with van der Waals surface area (Å²) in [7, 11) is 1.49. The maximum absolute atomic E-state index is 12.1. The molecule has 5 heteroatoms. The van der Waals surface area contributed by atoms with E-state index in [1.807, 2.05) is 18.2 Å². The molecule has 1 atom stereocenters. The van der Waals surface area contributed by atoms with Crippen LogP contribution in [0.1, 0.15) is 19.4 Å². The number of aromatic amines is 1. The van der Waals surface area contributed by atoms with Gasteiger partial charge in [-0.25, -0.2) is 0 Å². The first-order valence-corrected chi connectivity index (χ1v) is 6.43. The molecule has 0 fully saturated rings. The molecular weight excluding hydrogens is 258 g/mol. The van der Waals surface area contributed by atoms with Gasteiger partial charge in [-0.1, -0.05) is 12.1 Å². The summed E-state index contributed by atoms with van der Waals surface area (Å²) in [5.74, 6) is 0.438. The minimum absolute atomic E-state index is 0.0207. The van der Waals surface area contributed by atoms with Crippen LogP contribution in [0.3, 0.4) is 0 Å². The lowest BCUT2D eigenvalue weighted by atomic mass is 9.95. The zero-order valence-electron chi connectivity index (χ0n) is 11.8. The van der Waals surface area contributed by atoms with Gasteiger partial charge in [0.25, 0.3) is 5.56 Å². The predicted octanol–water partition coefficient (Wildman–Crippen LogP) is 1.21. The first-order chi connectivity index (χ1) is 9.34. The van der Waals surface area contributed by atoms with Gasteiger partial charge in [-0.3, -0.25) is 4.79 Å². The quantitative estimate of drug-likeness (QED) is 0.784. The molecule has 0 aliphatic carbocycles. The van der Waals surface area contributed by atoms with Crippen LogP contribution in [0.5, 0.6) is 5.75 Å². The number of ether oxygens (including phenoxy) is 1. The summed E-state index contributed by atoms with van der Waals surface area (Å²) >= 11 is 0. The molecule has 0 amide bonds. The van der Waals surface area contributed by atoms with Crippen LogP contribution >= 0.6 is 0 Å². The number of fused-ring (bicyclic) bond motifs is 1. The Kier molecular flexibility index (Phi) is 3.83. The molecule has 0 saturated heterocycles. The highest BCUT2D eigenvalue weighted by Crippen LogP contribution is 2.27. The predicted molar refractivity (Wildman–Crippen MR) is 77.1 cm³/mol. The zero-order chi connectivity index (χ0) is 14.9. The van der Waals surface area contributed by atoms with Crippen molar-refractivity contribution in [2.75, 3.05) is 7.11 Å². The van der Waals surface area contributed by atoms with Gasteiger partial charge in [0, 0.05) is 11.8 Å². The number of aliphatic hydroxyl groups excluding tert-OH is 1. The van der Waals surface area contributed by atoms with Gasteiger partial charge in [-0.2, -0.15) is 0 Å². The summed E-state index contributed by atoms with van der Waals surface area (Å²) in [4.78, 5) is 14.9.